The van der Waals surface area contributed by atoms with Gasteiger partial charge < -0.3 is 9.64 Å². The molecule has 0 aromatic heterocycles. The Morgan fingerprint density at radius 2 is 1.87 bits per heavy atom. The molecule has 0 radical (unpaired) electrons. The smallest absolute Gasteiger partial charge is 0.411 e. The van der Waals surface area contributed by atoms with Gasteiger partial charge in [0.2, 0.25) is 6.79 Å². The third-order valence-electron chi connectivity index (χ3n) is 1.99. The van der Waals surface area contributed by atoms with E-state index in [0.717, 1.165) is 19.3 Å². The van der Waals surface area contributed by atoms with Gasteiger partial charge in [-0.2, -0.15) is 8.42 Å². The third-order valence-corrected chi connectivity index (χ3v) is 2.39. The quantitative estimate of drug-likeness (QED) is 0.565. The van der Waals surface area contributed by atoms with E-state index in [1.807, 2.05) is 0 Å². The maximum Gasteiger partial charge on any atom is 0.411 e. The average Bonchev–Trinajstić information content (AvgIpc) is 2.17. The molecule has 1 amide bonds. The van der Waals surface area contributed by atoms with Crippen molar-refractivity contribution >= 4 is 16.5 Å². The Labute approximate surface area is 87.9 Å². The number of rotatable bonds is 3. The molecule has 1 rings (SSSR count). The van der Waals surface area contributed by atoms with E-state index in [1.165, 1.54) is 4.90 Å². The summed E-state index contributed by atoms with van der Waals surface area (Å²) in [6, 6.07) is 0. The zero-order valence-electron chi connectivity index (χ0n) is 8.09. The highest BCUT2D eigenvalue weighted by atomic mass is 32.3. The van der Waals surface area contributed by atoms with Crippen molar-refractivity contribution < 1.29 is 26.7 Å². The van der Waals surface area contributed by atoms with Gasteiger partial charge in [-0.3, -0.25) is 4.55 Å². The zero-order valence-corrected chi connectivity index (χ0v) is 8.90. The van der Waals surface area contributed by atoms with Crippen molar-refractivity contribution in [2.75, 3.05) is 19.9 Å². The summed E-state index contributed by atoms with van der Waals surface area (Å²) in [5.41, 5.74) is 0. The van der Waals surface area contributed by atoms with Crippen molar-refractivity contribution in [2.45, 2.75) is 19.3 Å². The van der Waals surface area contributed by atoms with Crippen LogP contribution in [0.2, 0.25) is 0 Å². The molecule has 0 saturated carbocycles. The maximum atomic E-state index is 11.2. The molecule has 1 saturated heterocycles. The Hall–Kier alpha value is -0.860. The van der Waals surface area contributed by atoms with E-state index in [2.05, 4.69) is 8.92 Å². The summed E-state index contributed by atoms with van der Waals surface area (Å²) in [4.78, 5) is 12.7. The van der Waals surface area contributed by atoms with Crippen LogP contribution in [-0.4, -0.2) is 43.8 Å². The van der Waals surface area contributed by atoms with Crippen LogP contribution in [0, 0.1) is 0 Å². The van der Waals surface area contributed by atoms with Crippen LogP contribution in [0.1, 0.15) is 19.3 Å². The summed E-state index contributed by atoms with van der Waals surface area (Å²) < 4.78 is 36.8. The first-order valence-corrected chi connectivity index (χ1v) is 5.89. The third kappa shape index (κ3) is 4.96. The summed E-state index contributed by atoms with van der Waals surface area (Å²) in [7, 11) is -4.55. The van der Waals surface area contributed by atoms with Gasteiger partial charge in [-0.1, -0.05) is 0 Å². The molecule has 0 aromatic carbocycles. The molecular formula is C7H13NO6S. The van der Waals surface area contributed by atoms with Crippen LogP contribution < -0.4 is 0 Å². The van der Waals surface area contributed by atoms with Gasteiger partial charge in [-0.25, -0.2) is 8.98 Å². The van der Waals surface area contributed by atoms with Gasteiger partial charge in [-0.15, -0.1) is 0 Å². The average molecular weight is 239 g/mol. The van der Waals surface area contributed by atoms with Crippen molar-refractivity contribution in [3.63, 3.8) is 0 Å². The second-order valence-corrected chi connectivity index (χ2v) is 4.21. The first kappa shape index (κ1) is 12.2. The minimum absolute atomic E-state index is 0.602. The number of ether oxygens (including phenoxy) is 1. The van der Waals surface area contributed by atoms with Crippen molar-refractivity contribution in [3.05, 3.63) is 0 Å². The van der Waals surface area contributed by atoms with Crippen LogP contribution in [0.4, 0.5) is 4.79 Å². The minimum atomic E-state index is -4.55. The lowest BCUT2D eigenvalue weighted by atomic mass is 10.1. The molecule has 1 aliphatic heterocycles. The standard InChI is InChI=1S/C7H13NO6S/c9-7(8-4-2-1-3-5-8)13-6-14-15(10,11)12/h1-6H2,(H,10,11,12). The van der Waals surface area contributed by atoms with Crippen molar-refractivity contribution in [3.8, 4) is 0 Å². The predicted molar refractivity (Wildman–Crippen MR) is 49.4 cm³/mol. The number of amides is 1. The highest BCUT2D eigenvalue weighted by Gasteiger charge is 2.18. The Morgan fingerprint density at radius 1 is 1.27 bits per heavy atom. The van der Waals surface area contributed by atoms with E-state index in [-0.39, 0.29) is 0 Å². The monoisotopic (exact) mass is 239 g/mol. The van der Waals surface area contributed by atoms with Crippen LogP contribution in [0.15, 0.2) is 0 Å². The van der Waals surface area contributed by atoms with E-state index in [1.54, 1.807) is 0 Å². The van der Waals surface area contributed by atoms with Crippen molar-refractivity contribution in [2.24, 2.45) is 0 Å². The molecule has 1 N–H and O–H groups in total. The molecule has 1 heterocycles. The number of carbonyl (C=O) groups is 1. The maximum absolute atomic E-state index is 11.2. The lowest BCUT2D eigenvalue weighted by Gasteiger charge is -2.25. The lowest BCUT2D eigenvalue weighted by Crippen LogP contribution is -2.36. The van der Waals surface area contributed by atoms with Crippen LogP contribution >= 0.6 is 0 Å². The molecule has 88 valence electrons. The van der Waals surface area contributed by atoms with Gasteiger partial charge in [0.1, 0.15) is 0 Å². The summed E-state index contributed by atoms with van der Waals surface area (Å²) in [6.45, 7) is 0.406. The molecule has 1 fully saturated rings. The molecule has 0 aliphatic carbocycles. The molecule has 0 bridgehead atoms. The molecule has 0 atom stereocenters. The summed E-state index contributed by atoms with van der Waals surface area (Å²) in [5, 5.41) is 0. The number of hydrogen-bond acceptors (Lipinski definition) is 5. The zero-order chi connectivity index (χ0) is 11.3. The van der Waals surface area contributed by atoms with Crippen LogP contribution in [0.3, 0.4) is 0 Å². The first-order valence-electron chi connectivity index (χ1n) is 4.52. The molecule has 8 heteroatoms. The second kappa shape index (κ2) is 5.29. The Bertz CT molecular complexity index is 307. The van der Waals surface area contributed by atoms with Crippen LogP contribution in [-0.2, 0) is 19.3 Å². The Balaban J connectivity index is 2.23. The molecule has 0 spiro atoms. The second-order valence-electron chi connectivity index (χ2n) is 3.12. The number of hydrogen-bond donors (Lipinski definition) is 1. The number of carbonyl (C=O) groups excluding carboxylic acids is 1. The highest BCUT2D eigenvalue weighted by Crippen LogP contribution is 2.09. The largest absolute Gasteiger partial charge is 0.421 e. The molecule has 15 heavy (non-hydrogen) atoms. The number of likely N-dealkylation sites (tertiary alicyclic amines) is 1. The van der Waals surface area contributed by atoms with Gasteiger partial charge in [-0.05, 0) is 19.3 Å². The number of nitrogens with zero attached hydrogens (tertiary/aromatic N) is 1. The molecule has 1 aliphatic rings. The molecule has 7 nitrogen and oxygen atoms in total. The van der Waals surface area contributed by atoms with E-state index < -0.39 is 23.3 Å². The van der Waals surface area contributed by atoms with E-state index in [9.17, 15) is 13.2 Å². The Morgan fingerprint density at radius 3 is 2.40 bits per heavy atom. The molecule has 0 aromatic rings. The fourth-order valence-corrected chi connectivity index (χ4v) is 1.47. The fraction of sp³-hybridized carbons (Fsp3) is 0.857. The van der Waals surface area contributed by atoms with Crippen molar-refractivity contribution in [1.82, 2.24) is 4.90 Å². The highest BCUT2D eigenvalue weighted by molar-refractivity contribution is 7.80. The Kier molecular flexibility index (Phi) is 4.30. The lowest BCUT2D eigenvalue weighted by molar-refractivity contribution is 0.0298. The SMILES string of the molecule is O=C(OCOS(=O)(=O)O)N1CCCCC1. The normalized spacial score (nSPS) is 17.5. The summed E-state index contributed by atoms with van der Waals surface area (Å²) in [5.74, 6) is 0. The summed E-state index contributed by atoms with van der Waals surface area (Å²) >= 11 is 0. The first-order chi connectivity index (χ1) is 6.99. The van der Waals surface area contributed by atoms with Gasteiger partial charge in [0.05, 0.1) is 0 Å². The van der Waals surface area contributed by atoms with E-state index in [0.29, 0.717) is 13.1 Å². The molecule has 0 unspecified atom stereocenters. The summed E-state index contributed by atoms with van der Waals surface area (Å²) in [6.07, 6.45) is 2.27. The van der Waals surface area contributed by atoms with Crippen LogP contribution in [0.25, 0.3) is 0 Å². The predicted octanol–water partition coefficient (Wildman–Crippen LogP) is 0.386. The van der Waals surface area contributed by atoms with Gasteiger partial charge in [0, 0.05) is 13.1 Å². The van der Waals surface area contributed by atoms with Gasteiger partial charge in [0.15, 0.2) is 0 Å². The van der Waals surface area contributed by atoms with E-state index >= 15 is 0 Å². The van der Waals surface area contributed by atoms with Crippen molar-refractivity contribution in [1.29, 1.82) is 0 Å². The fourth-order valence-electron chi connectivity index (χ4n) is 1.30. The topological polar surface area (TPSA) is 93.1 Å². The van der Waals surface area contributed by atoms with E-state index in [4.69, 9.17) is 4.55 Å². The van der Waals surface area contributed by atoms with Gasteiger partial charge in [0.25, 0.3) is 0 Å². The molecular weight excluding hydrogens is 226 g/mol. The number of piperidine rings is 1. The minimum Gasteiger partial charge on any atom is -0.421 e. The van der Waals surface area contributed by atoms with Gasteiger partial charge >= 0.3 is 16.5 Å². The van der Waals surface area contributed by atoms with Crippen LogP contribution in [0.5, 0.6) is 0 Å².